The molecular formula is C14H18N4O2. The zero-order valence-corrected chi connectivity index (χ0v) is 11.8. The van der Waals surface area contributed by atoms with Gasteiger partial charge in [0.2, 0.25) is 5.95 Å². The fourth-order valence-electron chi connectivity index (χ4n) is 1.80. The summed E-state index contributed by atoms with van der Waals surface area (Å²) in [5.74, 6) is 2.36. The van der Waals surface area contributed by atoms with Gasteiger partial charge in [-0.25, -0.2) is 4.98 Å². The third kappa shape index (κ3) is 2.90. The van der Waals surface area contributed by atoms with Crippen molar-refractivity contribution in [3.8, 4) is 17.2 Å². The molecular weight excluding hydrogens is 256 g/mol. The maximum atomic E-state index is 5.81. The first kappa shape index (κ1) is 13.9. The Morgan fingerprint density at radius 3 is 2.50 bits per heavy atom. The molecule has 1 aromatic carbocycles. The number of nitrogen functional groups attached to an aromatic ring is 2. The lowest BCUT2D eigenvalue weighted by Crippen LogP contribution is -2.02. The van der Waals surface area contributed by atoms with Crippen molar-refractivity contribution in [1.82, 2.24) is 9.97 Å². The van der Waals surface area contributed by atoms with Crippen molar-refractivity contribution in [2.45, 2.75) is 19.8 Å². The lowest BCUT2D eigenvalue weighted by molar-refractivity contribution is 0.407. The average molecular weight is 274 g/mol. The van der Waals surface area contributed by atoms with E-state index >= 15 is 0 Å². The van der Waals surface area contributed by atoms with E-state index in [2.05, 4.69) is 23.8 Å². The molecule has 0 aliphatic heterocycles. The van der Waals surface area contributed by atoms with E-state index in [1.54, 1.807) is 7.11 Å². The van der Waals surface area contributed by atoms with Crippen molar-refractivity contribution in [1.29, 1.82) is 0 Å². The van der Waals surface area contributed by atoms with Crippen LogP contribution in [0.2, 0.25) is 0 Å². The summed E-state index contributed by atoms with van der Waals surface area (Å²) in [6, 6.07) is 5.67. The predicted octanol–water partition coefficient (Wildman–Crippen LogP) is 2.57. The van der Waals surface area contributed by atoms with E-state index < -0.39 is 0 Å². The van der Waals surface area contributed by atoms with Gasteiger partial charge in [-0.05, 0) is 17.5 Å². The highest BCUT2D eigenvalue weighted by molar-refractivity contribution is 5.51. The molecule has 0 radical (unpaired) electrons. The van der Waals surface area contributed by atoms with Crippen molar-refractivity contribution < 1.29 is 9.47 Å². The van der Waals surface area contributed by atoms with Gasteiger partial charge in [0.05, 0.1) is 13.3 Å². The molecule has 4 N–H and O–H groups in total. The summed E-state index contributed by atoms with van der Waals surface area (Å²) in [5.41, 5.74) is 12.3. The van der Waals surface area contributed by atoms with Crippen molar-refractivity contribution in [3.05, 3.63) is 30.0 Å². The van der Waals surface area contributed by atoms with Crippen molar-refractivity contribution in [2.75, 3.05) is 18.6 Å². The van der Waals surface area contributed by atoms with Crippen LogP contribution in [0.25, 0.3) is 0 Å². The number of anilines is 2. The number of ether oxygens (including phenoxy) is 2. The number of hydrogen-bond acceptors (Lipinski definition) is 6. The lowest BCUT2D eigenvalue weighted by Gasteiger charge is -2.15. The molecule has 6 nitrogen and oxygen atoms in total. The number of methoxy groups -OCH3 is 1. The zero-order chi connectivity index (χ0) is 14.7. The van der Waals surface area contributed by atoms with E-state index in [4.69, 9.17) is 20.9 Å². The minimum absolute atomic E-state index is 0.115. The Morgan fingerprint density at radius 1 is 1.15 bits per heavy atom. The Bertz CT molecular complexity index is 614. The molecule has 20 heavy (non-hydrogen) atoms. The minimum atomic E-state index is 0.115. The van der Waals surface area contributed by atoms with Crippen LogP contribution < -0.4 is 20.9 Å². The van der Waals surface area contributed by atoms with Gasteiger partial charge < -0.3 is 20.9 Å². The maximum Gasteiger partial charge on any atom is 0.222 e. The summed E-state index contributed by atoms with van der Waals surface area (Å²) in [4.78, 5) is 7.76. The van der Waals surface area contributed by atoms with Crippen LogP contribution in [0.15, 0.2) is 24.4 Å². The molecule has 0 saturated heterocycles. The summed E-state index contributed by atoms with van der Waals surface area (Å²) in [6.45, 7) is 4.16. The van der Waals surface area contributed by atoms with Crippen molar-refractivity contribution >= 4 is 11.8 Å². The summed E-state index contributed by atoms with van der Waals surface area (Å²) < 4.78 is 11.0. The summed E-state index contributed by atoms with van der Waals surface area (Å²) in [5, 5.41) is 0. The molecule has 0 spiro atoms. The number of hydrogen-bond donors (Lipinski definition) is 2. The molecule has 6 heteroatoms. The topological polar surface area (TPSA) is 96.3 Å². The van der Waals surface area contributed by atoms with Crippen LogP contribution in [-0.2, 0) is 0 Å². The number of nitrogens with zero attached hydrogens (tertiary/aromatic N) is 2. The first-order valence-electron chi connectivity index (χ1n) is 6.25. The molecule has 0 atom stereocenters. The molecule has 0 bridgehead atoms. The van der Waals surface area contributed by atoms with Crippen LogP contribution in [0.5, 0.6) is 17.2 Å². The summed E-state index contributed by atoms with van der Waals surface area (Å²) in [6.07, 6.45) is 1.46. The van der Waals surface area contributed by atoms with Crippen LogP contribution in [0.1, 0.15) is 25.3 Å². The Morgan fingerprint density at radius 2 is 1.90 bits per heavy atom. The number of aromatic nitrogens is 2. The third-order valence-electron chi connectivity index (χ3n) is 2.86. The van der Waals surface area contributed by atoms with E-state index in [0.29, 0.717) is 23.2 Å². The molecule has 0 aliphatic carbocycles. The number of benzene rings is 1. The number of nitrogens with two attached hydrogens (primary N) is 2. The first-order chi connectivity index (χ1) is 9.51. The van der Waals surface area contributed by atoms with Crippen LogP contribution in [0, 0.1) is 0 Å². The van der Waals surface area contributed by atoms with Crippen molar-refractivity contribution in [2.24, 2.45) is 0 Å². The molecule has 1 aromatic heterocycles. The predicted molar refractivity (Wildman–Crippen MR) is 78.0 cm³/mol. The second-order valence-electron chi connectivity index (χ2n) is 4.64. The highest BCUT2D eigenvalue weighted by Crippen LogP contribution is 2.35. The second-order valence-corrected chi connectivity index (χ2v) is 4.64. The van der Waals surface area contributed by atoms with E-state index in [1.165, 1.54) is 6.20 Å². The summed E-state index contributed by atoms with van der Waals surface area (Å²) in [7, 11) is 1.61. The smallest absolute Gasteiger partial charge is 0.222 e. The van der Waals surface area contributed by atoms with Crippen LogP contribution in [0.4, 0.5) is 11.8 Å². The van der Waals surface area contributed by atoms with Gasteiger partial charge in [0, 0.05) is 6.07 Å². The molecule has 0 aliphatic rings. The highest BCUT2D eigenvalue weighted by Gasteiger charge is 2.12. The van der Waals surface area contributed by atoms with E-state index in [9.17, 15) is 0 Å². The van der Waals surface area contributed by atoms with Gasteiger partial charge in [0.15, 0.2) is 11.6 Å². The molecule has 2 aromatic rings. The van der Waals surface area contributed by atoms with Crippen LogP contribution in [0.3, 0.4) is 0 Å². The molecule has 106 valence electrons. The standard InChI is InChI=1S/C14H18N4O2/c1-8(2)10-5-4-9(19-3)6-11(10)20-12-7-17-14(16)18-13(12)15/h4-8H,1-3H3,(H4,15,16,17,18). The largest absolute Gasteiger partial charge is 0.497 e. The van der Waals surface area contributed by atoms with Crippen LogP contribution >= 0.6 is 0 Å². The Balaban J connectivity index is 2.40. The van der Waals surface area contributed by atoms with Gasteiger partial charge in [-0.2, -0.15) is 4.98 Å². The Labute approximate surface area is 117 Å². The van der Waals surface area contributed by atoms with E-state index in [-0.39, 0.29) is 11.8 Å². The second kappa shape index (κ2) is 5.64. The molecule has 1 heterocycles. The highest BCUT2D eigenvalue weighted by atomic mass is 16.5. The van der Waals surface area contributed by atoms with E-state index in [0.717, 1.165) is 5.56 Å². The van der Waals surface area contributed by atoms with Gasteiger partial charge >= 0.3 is 0 Å². The van der Waals surface area contributed by atoms with Gasteiger partial charge in [-0.3, -0.25) is 0 Å². The quantitative estimate of drug-likeness (QED) is 0.889. The van der Waals surface area contributed by atoms with E-state index in [1.807, 2.05) is 18.2 Å². The molecule has 0 amide bonds. The molecule has 2 rings (SSSR count). The number of rotatable bonds is 4. The molecule has 0 saturated carbocycles. The Kier molecular flexibility index (Phi) is 3.93. The fraction of sp³-hybridized carbons (Fsp3) is 0.286. The van der Waals surface area contributed by atoms with Crippen LogP contribution in [-0.4, -0.2) is 17.1 Å². The lowest BCUT2D eigenvalue weighted by atomic mass is 10.0. The average Bonchev–Trinajstić information content (AvgIpc) is 2.41. The fourth-order valence-corrected chi connectivity index (χ4v) is 1.80. The normalized spacial score (nSPS) is 10.6. The maximum absolute atomic E-state index is 5.81. The zero-order valence-electron chi connectivity index (χ0n) is 11.8. The van der Waals surface area contributed by atoms with Gasteiger partial charge in [0.1, 0.15) is 11.5 Å². The van der Waals surface area contributed by atoms with Gasteiger partial charge in [-0.15, -0.1) is 0 Å². The molecule has 0 unspecified atom stereocenters. The SMILES string of the molecule is COc1ccc(C(C)C)c(Oc2cnc(N)nc2N)c1. The van der Waals surface area contributed by atoms with Crippen molar-refractivity contribution in [3.63, 3.8) is 0 Å². The summed E-state index contributed by atoms with van der Waals surface area (Å²) >= 11 is 0. The third-order valence-corrected chi connectivity index (χ3v) is 2.86. The monoisotopic (exact) mass is 274 g/mol. The van der Waals surface area contributed by atoms with Gasteiger partial charge in [-0.1, -0.05) is 19.9 Å². The minimum Gasteiger partial charge on any atom is -0.497 e. The first-order valence-corrected chi connectivity index (χ1v) is 6.25. The van der Waals surface area contributed by atoms with Gasteiger partial charge in [0.25, 0.3) is 0 Å². The Hall–Kier alpha value is -2.50. The molecule has 0 fully saturated rings.